The second-order valence-electron chi connectivity index (χ2n) is 4.69. The number of Topliss-reactive ketones (excluding diaryl/α,β-unsaturated/α-hetero) is 2. The van der Waals surface area contributed by atoms with Crippen LogP contribution in [0.25, 0.3) is 0 Å². The number of ketones is 2. The van der Waals surface area contributed by atoms with E-state index in [1.54, 1.807) is 24.3 Å². The number of aliphatic imine (C=N–C) groups is 1. The topological polar surface area (TPSA) is 83.8 Å². The molecule has 0 aliphatic heterocycles. The highest BCUT2D eigenvalue weighted by atomic mass is 32.2. The fourth-order valence-electron chi connectivity index (χ4n) is 2.18. The van der Waals surface area contributed by atoms with Crippen LogP contribution in [0.15, 0.2) is 29.3 Å². The second-order valence-corrected chi connectivity index (χ2v) is 5.67. The standard InChI is InChI=1S/C15H15NO4S/c1-21-7-6-12(15(19)20)16-8-11-13(17)9-4-2-3-5-10(9)14(11)18/h2-5,8,11-12H,6-7H2,1H3,(H,19,20)/t12-/m0/s1. The zero-order valence-electron chi connectivity index (χ0n) is 11.5. The molecule has 1 N–H and O–H groups in total. The van der Waals surface area contributed by atoms with Crippen LogP contribution in [0, 0.1) is 5.92 Å². The first kappa shape index (κ1) is 15.4. The van der Waals surface area contributed by atoms with Gasteiger partial charge in [-0.05, 0) is 18.4 Å². The lowest BCUT2D eigenvalue weighted by Gasteiger charge is -2.06. The summed E-state index contributed by atoms with van der Waals surface area (Å²) in [4.78, 5) is 39.3. The van der Waals surface area contributed by atoms with E-state index in [4.69, 9.17) is 5.11 Å². The minimum absolute atomic E-state index is 0.312. The highest BCUT2D eigenvalue weighted by molar-refractivity contribution is 7.98. The summed E-state index contributed by atoms with van der Waals surface area (Å²) in [6, 6.07) is 5.68. The molecule has 0 radical (unpaired) electrons. The number of carboxylic acids is 1. The number of benzene rings is 1. The molecule has 1 aliphatic rings. The van der Waals surface area contributed by atoms with E-state index in [-0.39, 0.29) is 11.6 Å². The fraction of sp³-hybridized carbons (Fsp3) is 0.333. The predicted molar refractivity (Wildman–Crippen MR) is 81.5 cm³/mol. The molecule has 0 bridgehead atoms. The number of hydrogen-bond donors (Lipinski definition) is 1. The highest BCUT2D eigenvalue weighted by Crippen LogP contribution is 2.25. The minimum atomic E-state index is -1.05. The SMILES string of the molecule is CSCC[C@H](N=CC1C(=O)c2ccccc2C1=O)C(=O)O. The number of nitrogens with zero attached hydrogens (tertiary/aromatic N) is 1. The molecule has 6 heteroatoms. The molecule has 1 aromatic rings. The van der Waals surface area contributed by atoms with Gasteiger partial charge in [-0.3, -0.25) is 14.6 Å². The van der Waals surface area contributed by atoms with Crippen molar-refractivity contribution >= 4 is 35.5 Å². The molecule has 0 spiro atoms. The Balaban J connectivity index is 2.17. The Hall–Kier alpha value is -1.95. The van der Waals surface area contributed by atoms with Crippen molar-refractivity contribution in [3.05, 3.63) is 35.4 Å². The fourth-order valence-corrected chi connectivity index (χ4v) is 2.64. The van der Waals surface area contributed by atoms with E-state index in [1.807, 2.05) is 6.26 Å². The molecule has 1 atom stereocenters. The molecule has 2 rings (SSSR count). The predicted octanol–water partition coefficient (Wildman–Crippen LogP) is 1.96. The largest absolute Gasteiger partial charge is 0.480 e. The molecule has 0 fully saturated rings. The summed E-state index contributed by atoms with van der Waals surface area (Å²) in [5, 5.41) is 9.09. The lowest BCUT2D eigenvalue weighted by Crippen LogP contribution is -2.22. The summed E-state index contributed by atoms with van der Waals surface area (Å²) in [6.45, 7) is 0. The third-order valence-electron chi connectivity index (χ3n) is 3.32. The normalized spacial score (nSPS) is 16.4. The van der Waals surface area contributed by atoms with Gasteiger partial charge in [0.05, 0.1) is 0 Å². The molecule has 1 aliphatic carbocycles. The summed E-state index contributed by atoms with van der Waals surface area (Å²) in [7, 11) is 0. The Morgan fingerprint density at radius 2 is 1.90 bits per heavy atom. The van der Waals surface area contributed by atoms with E-state index in [0.717, 1.165) is 0 Å². The zero-order valence-corrected chi connectivity index (χ0v) is 12.3. The van der Waals surface area contributed by atoms with E-state index in [2.05, 4.69) is 4.99 Å². The third kappa shape index (κ3) is 3.21. The molecular weight excluding hydrogens is 290 g/mol. The highest BCUT2D eigenvalue weighted by Gasteiger charge is 2.37. The van der Waals surface area contributed by atoms with Gasteiger partial charge < -0.3 is 5.11 Å². The number of carbonyl (C=O) groups excluding carboxylic acids is 2. The average Bonchev–Trinajstić information content (AvgIpc) is 2.72. The van der Waals surface area contributed by atoms with E-state index < -0.39 is 17.9 Å². The van der Waals surface area contributed by atoms with Crippen LogP contribution in [0.4, 0.5) is 0 Å². The monoisotopic (exact) mass is 305 g/mol. The molecule has 0 saturated heterocycles. The van der Waals surface area contributed by atoms with Crippen LogP contribution >= 0.6 is 11.8 Å². The molecule has 0 saturated carbocycles. The van der Waals surface area contributed by atoms with Crippen molar-refractivity contribution in [3.63, 3.8) is 0 Å². The van der Waals surface area contributed by atoms with E-state index in [1.165, 1.54) is 18.0 Å². The molecular formula is C15H15NO4S. The summed E-state index contributed by atoms with van der Waals surface area (Å²) >= 11 is 1.53. The average molecular weight is 305 g/mol. The molecule has 0 amide bonds. The number of fused-ring (bicyclic) bond motifs is 1. The number of thioether (sulfide) groups is 1. The van der Waals surface area contributed by atoms with Crippen molar-refractivity contribution in [2.45, 2.75) is 12.5 Å². The van der Waals surface area contributed by atoms with Gasteiger partial charge in [-0.1, -0.05) is 24.3 Å². The maximum atomic E-state index is 12.1. The summed E-state index contributed by atoms with van der Waals surface area (Å²) in [6.07, 6.45) is 3.45. The summed E-state index contributed by atoms with van der Waals surface area (Å²) < 4.78 is 0. The van der Waals surface area contributed by atoms with Crippen LogP contribution in [0.3, 0.4) is 0 Å². The molecule has 0 unspecified atom stereocenters. The van der Waals surface area contributed by atoms with Crippen LogP contribution in [0.2, 0.25) is 0 Å². The Kier molecular flexibility index (Phi) is 4.90. The molecule has 5 nitrogen and oxygen atoms in total. The van der Waals surface area contributed by atoms with E-state index in [0.29, 0.717) is 23.3 Å². The van der Waals surface area contributed by atoms with Gasteiger partial charge in [0.1, 0.15) is 12.0 Å². The van der Waals surface area contributed by atoms with Gasteiger partial charge in [0, 0.05) is 17.3 Å². The van der Waals surface area contributed by atoms with Crippen molar-refractivity contribution in [1.29, 1.82) is 0 Å². The Morgan fingerprint density at radius 3 is 2.38 bits per heavy atom. The summed E-state index contributed by atoms with van der Waals surface area (Å²) in [5.74, 6) is -2.00. The van der Waals surface area contributed by atoms with Crippen LogP contribution in [0.1, 0.15) is 27.1 Å². The molecule has 21 heavy (non-hydrogen) atoms. The van der Waals surface area contributed by atoms with Crippen molar-refractivity contribution in [1.82, 2.24) is 0 Å². The lowest BCUT2D eigenvalue weighted by atomic mass is 10.1. The van der Waals surface area contributed by atoms with Crippen molar-refractivity contribution < 1.29 is 19.5 Å². The smallest absolute Gasteiger partial charge is 0.328 e. The van der Waals surface area contributed by atoms with Crippen molar-refractivity contribution in [3.8, 4) is 0 Å². The molecule has 110 valence electrons. The quantitative estimate of drug-likeness (QED) is 0.641. The number of carboxylic acid groups (broad SMARTS) is 1. The zero-order chi connectivity index (χ0) is 15.4. The van der Waals surface area contributed by atoms with Crippen LogP contribution < -0.4 is 0 Å². The number of rotatable bonds is 6. The van der Waals surface area contributed by atoms with Gasteiger partial charge in [0.2, 0.25) is 0 Å². The van der Waals surface area contributed by atoms with Crippen LogP contribution in [-0.2, 0) is 4.79 Å². The Bertz CT molecular complexity index is 576. The number of carbonyl (C=O) groups is 3. The molecule has 0 heterocycles. The van der Waals surface area contributed by atoms with Gasteiger partial charge in [-0.25, -0.2) is 4.79 Å². The van der Waals surface area contributed by atoms with Gasteiger partial charge >= 0.3 is 5.97 Å². The minimum Gasteiger partial charge on any atom is -0.480 e. The number of aliphatic carboxylic acids is 1. The molecule has 0 aromatic heterocycles. The van der Waals surface area contributed by atoms with E-state index in [9.17, 15) is 14.4 Å². The Labute approximate surface area is 126 Å². The number of hydrogen-bond acceptors (Lipinski definition) is 5. The van der Waals surface area contributed by atoms with E-state index >= 15 is 0 Å². The van der Waals surface area contributed by atoms with Gasteiger partial charge in [-0.2, -0.15) is 11.8 Å². The molecule has 1 aromatic carbocycles. The van der Waals surface area contributed by atoms with Gasteiger partial charge in [-0.15, -0.1) is 0 Å². The lowest BCUT2D eigenvalue weighted by molar-refractivity contribution is -0.138. The van der Waals surface area contributed by atoms with Crippen molar-refractivity contribution in [2.24, 2.45) is 10.9 Å². The van der Waals surface area contributed by atoms with Crippen LogP contribution in [-0.4, -0.2) is 46.9 Å². The van der Waals surface area contributed by atoms with Crippen LogP contribution in [0.5, 0.6) is 0 Å². The second kappa shape index (κ2) is 6.67. The Morgan fingerprint density at radius 1 is 1.33 bits per heavy atom. The van der Waals surface area contributed by atoms with Crippen molar-refractivity contribution in [2.75, 3.05) is 12.0 Å². The first-order valence-electron chi connectivity index (χ1n) is 6.48. The van der Waals surface area contributed by atoms with Gasteiger partial charge in [0.25, 0.3) is 0 Å². The first-order chi connectivity index (χ1) is 10.1. The third-order valence-corrected chi connectivity index (χ3v) is 3.96. The maximum absolute atomic E-state index is 12.1. The first-order valence-corrected chi connectivity index (χ1v) is 7.88. The summed E-state index contributed by atoms with van der Waals surface area (Å²) in [5.41, 5.74) is 0.768. The maximum Gasteiger partial charge on any atom is 0.328 e. The van der Waals surface area contributed by atoms with Gasteiger partial charge in [0.15, 0.2) is 11.6 Å².